The number of benzene rings is 2. The first kappa shape index (κ1) is 23.2. The van der Waals surface area contributed by atoms with Crippen LogP contribution in [0.15, 0.2) is 47.5 Å². The van der Waals surface area contributed by atoms with Crippen LogP contribution in [0.5, 0.6) is 0 Å². The molecule has 0 aromatic heterocycles. The summed E-state index contributed by atoms with van der Waals surface area (Å²) in [6.45, 7) is 8.32. The maximum absolute atomic E-state index is 13.3. The number of hydrogen-bond donors (Lipinski definition) is 2. The molecule has 31 heavy (non-hydrogen) atoms. The SMILES string of the molecule is CCNC(=NCc1cccc(COC2CCOCC2)c1)NCCc1ccc(F)cc1C. The molecule has 0 spiro atoms. The number of guanidine groups is 1. The molecule has 1 fully saturated rings. The Morgan fingerprint density at radius 3 is 2.71 bits per heavy atom. The first-order chi connectivity index (χ1) is 15.1. The zero-order valence-corrected chi connectivity index (χ0v) is 18.6. The number of nitrogens with one attached hydrogen (secondary N) is 2. The minimum absolute atomic E-state index is 0.190. The van der Waals surface area contributed by atoms with Gasteiger partial charge in [-0.25, -0.2) is 9.38 Å². The minimum atomic E-state index is -0.190. The second-order valence-electron chi connectivity index (χ2n) is 7.89. The van der Waals surface area contributed by atoms with Crippen LogP contribution in [0.3, 0.4) is 0 Å². The third-order valence-electron chi connectivity index (χ3n) is 5.40. The van der Waals surface area contributed by atoms with Crippen molar-refractivity contribution in [1.29, 1.82) is 0 Å². The fourth-order valence-corrected chi connectivity index (χ4v) is 3.64. The largest absolute Gasteiger partial charge is 0.381 e. The molecule has 1 saturated heterocycles. The van der Waals surface area contributed by atoms with Crippen LogP contribution in [0, 0.1) is 12.7 Å². The van der Waals surface area contributed by atoms with Crippen molar-refractivity contribution in [1.82, 2.24) is 10.6 Å². The first-order valence-corrected chi connectivity index (χ1v) is 11.2. The van der Waals surface area contributed by atoms with E-state index in [0.717, 1.165) is 68.2 Å². The zero-order chi connectivity index (χ0) is 21.9. The Labute approximate surface area is 185 Å². The molecule has 0 amide bonds. The molecular formula is C25H34FN3O2. The summed E-state index contributed by atoms with van der Waals surface area (Å²) in [5.41, 5.74) is 4.44. The lowest BCUT2D eigenvalue weighted by Gasteiger charge is -2.22. The fraction of sp³-hybridized carbons (Fsp3) is 0.480. The summed E-state index contributed by atoms with van der Waals surface area (Å²) in [5.74, 6) is 0.593. The topological polar surface area (TPSA) is 54.9 Å². The van der Waals surface area contributed by atoms with Crippen molar-refractivity contribution in [3.05, 3.63) is 70.5 Å². The van der Waals surface area contributed by atoms with Crippen molar-refractivity contribution in [2.45, 2.75) is 52.4 Å². The summed E-state index contributed by atoms with van der Waals surface area (Å²) in [4.78, 5) is 4.72. The van der Waals surface area contributed by atoms with Gasteiger partial charge in [-0.3, -0.25) is 0 Å². The molecule has 0 bridgehead atoms. The van der Waals surface area contributed by atoms with Crippen LogP contribution in [0.25, 0.3) is 0 Å². The van der Waals surface area contributed by atoms with Gasteiger partial charge in [-0.15, -0.1) is 0 Å². The number of aryl methyl sites for hydroxylation is 1. The molecule has 0 aliphatic carbocycles. The van der Waals surface area contributed by atoms with Crippen LogP contribution >= 0.6 is 0 Å². The molecule has 2 aromatic rings. The molecule has 1 heterocycles. The molecule has 5 nitrogen and oxygen atoms in total. The van der Waals surface area contributed by atoms with Crippen LogP contribution in [0.2, 0.25) is 0 Å². The third kappa shape index (κ3) is 7.96. The van der Waals surface area contributed by atoms with Gasteiger partial charge >= 0.3 is 0 Å². The highest BCUT2D eigenvalue weighted by atomic mass is 19.1. The summed E-state index contributed by atoms with van der Waals surface area (Å²) in [6.07, 6.45) is 3.05. The van der Waals surface area contributed by atoms with E-state index < -0.39 is 0 Å². The van der Waals surface area contributed by atoms with Gasteiger partial charge in [0, 0.05) is 26.3 Å². The number of nitrogens with zero attached hydrogens (tertiary/aromatic N) is 1. The van der Waals surface area contributed by atoms with Gasteiger partial charge in [-0.1, -0.05) is 30.3 Å². The summed E-state index contributed by atoms with van der Waals surface area (Å²) in [7, 11) is 0. The van der Waals surface area contributed by atoms with Crippen molar-refractivity contribution < 1.29 is 13.9 Å². The van der Waals surface area contributed by atoms with Crippen molar-refractivity contribution in [2.24, 2.45) is 4.99 Å². The molecule has 0 atom stereocenters. The van der Waals surface area contributed by atoms with Gasteiger partial charge in [0.15, 0.2) is 5.96 Å². The Hall–Kier alpha value is -2.44. The molecular weight excluding hydrogens is 393 g/mol. The van der Waals surface area contributed by atoms with Crippen molar-refractivity contribution >= 4 is 5.96 Å². The summed E-state index contributed by atoms with van der Waals surface area (Å²) < 4.78 is 24.7. The molecule has 3 rings (SSSR count). The Balaban J connectivity index is 1.50. The summed E-state index contributed by atoms with van der Waals surface area (Å²) in [6, 6.07) is 13.4. The van der Waals surface area contributed by atoms with E-state index in [1.54, 1.807) is 6.07 Å². The fourth-order valence-electron chi connectivity index (χ4n) is 3.64. The second kappa shape index (κ2) is 12.4. The minimum Gasteiger partial charge on any atom is -0.381 e. The molecule has 0 saturated carbocycles. The summed E-state index contributed by atoms with van der Waals surface area (Å²) in [5, 5.41) is 6.66. The van der Waals surface area contributed by atoms with Crippen molar-refractivity contribution in [2.75, 3.05) is 26.3 Å². The number of ether oxygens (including phenoxy) is 2. The summed E-state index contributed by atoms with van der Waals surface area (Å²) >= 11 is 0. The van der Waals surface area contributed by atoms with Gasteiger partial charge in [0.2, 0.25) is 0 Å². The van der Waals surface area contributed by atoms with Crippen molar-refractivity contribution in [3.63, 3.8) is 0 Å². The standard InChI is InChI=1S/C25H34FN3O2/c1-3-27-25(28-12-9-22-7-8-23(26)15-19(22)2)29-17-20-5-4-6-21(16-20)18-31-24-10-13-30-14-11-24/h4-8,15-16,24H,3,9-14,17-18H2,1-2H3,(H2,27,28,29). The van der Waals surface area contributed by atoms with E-state index in [1.807, 2.05) is 13.0 Å². The highest BCUT2D eigenvalue weighted by molar-refractivity contribution is 5.79. The quantitative estimate of drug-likeness (QED) is 0.467. The maximum Gasteiger partial charge on any atom is 0.191 e. The highest BCUT2D eigenvalue weighted by Crippen LogP contribution is 2.15. The predicted molar refractivity (Wildman–Crippen MR) is 123 cm³/mol. The van der Waals surface area contributed by atoms with Gasteiger partial charge in [-0.05, 0) is 67.5 Å². The Kier molecular flexibility index (Phi) is 9.31. The van der Waals surface area contributed by atoms with E-state index in [2.05, 4.69) is 41.8 Å². The Morgan fingerprint density at radius 1 is 1.13 bits per heavy atom. The average Bonchev–Trinajstić information content (AvgIpc) is 2.78. The van der Waals surface area contributed by atoms with Crippen molar-refractivity contribution in [3.8, 4) is 0 Å². The van der Waals surface area contributed by atoms with E-state index >= 15 is 0 Å². The first-order valence-electron chi connectivity index (χ1n) is 11.2. The number of rotatable bonds is 9. The molecule has 2 N–H and O–H groups in total. The number of hydrogen-bond acceptors (Lipinski definition) is 3. The van der Waals surface area contributed by atoms with Gasteiger partial charge in [-0.2, -0.15) is 0 Å². The van der Waals surface area contributed by atoms with E-state index in [4.69, 9.17) is 14.5 Å². The molecule has 1 aliphatic rings. The highest BCUT2D eigenvalue weighted by Gasteiger charge is 2.14. The van der Waals surface area contributed by atoms with E-state index in [0.29, 0.717) is 19.3 Å². The van der Waals surface area contributed by atoms with Gasteiger partial charge in [0.05, 0.1) is 19.3 Å². The molecule has 1 aliphatic heterocycles. The molecule has 0 radical (unpaired) electrons. The van der Waals surface area contributed by atoms with Crippen LogP contribution in [0.1, 0.15) is 42.0 Å². The number of aliphatic imine (C=N–C) groups is 1. The van der Waals surface area contributed by atoms with Gasteiger partial charge in [0.25, 0.3) is 0 Å². The maximum atomic E-state index is 13.3. The predicted octanol–water partition coefficient (Wildman–Crippen LogP) is 4.13. The molecule has 168 valence electrons. The normalized spacial score (nSPS) is 15.1. The van der Waals surface area contributed by atoms with Crippen LogP contribution in [0.4, 0.5) is 4.39 Å². The monoisotopic (exact) mass is 427 g/mol. The van der Waals surface area contributed by atoms with Gasteiger partial charge < -0.3 is 20.1 Å². The Morgan fingerprint density at radius 2 is 1.94 bits per heavy atom. The van der Waals surface area contributed by atoms with Crippen LogP contribution < -0.4 is 10.6 Å². The van der Waals surface area contributed by atoms with Crippen LogP contribution in [-0.4, -0.2) is 38.4 Å². The lowest BCUT2D eigenvalue weighted by Crippen LogP contribution is -2.38. The second-order valence-corrected chi connectivity index (χ2v) is 7.89. The molecule has 2 aromatic carbocycles. The Bertz CT molecular complexity index is 850. The lowest BCUT2D eigenvalue weighted by molar-refractivity contribution is -0.0390. The lowest BCUT2D eigenvalue weighted by atomic mass is 10.1. The van der Waals surface area contributed by atoms with E-state index in [1.165, 1.54) is 11.6 Å². The van der Waals surface area contributed by atoms with Gasteiger partial charge in [0.1, 0.15) is 5.82 Å². The number of halogens is 1. The third-order valence-corrected chi connectivity index (χ3v) is 5.40. The van der Waals surface area contributed by atoms with E-state index in [-0.39, 0.29) is 5.82 Å². The van der Waals surface area contributed by atoms with Crippen LogP contribution in [-0.2, 0) is 29.0 Å². The van der Waals surface area contributed by atoms with E-state index in [9.17, 15) is 4.39 Å². The zero-order valence-electron chi connectivity index (χ0n) is 18.6. The molecule has 6 heteroatoms. The average molecular weight is 428 g/mol. The molecule has 0 unspecified atom stereocenters. The smallest absolute Gasteiger partial charge is 0.191 e.